The van der Waals surface area contributed by atoms with Gasteiger partial charge in [-0.15, -0.1) is 0 Å². The molecule has 0 saturated carbocycles. The molecule has 21 heavy (non-hydrogen) atoms. The second-order valence-electron chi connectivity index (χ2n) is 4.18. The van der Waals surface area contributed by atoms with E-state index in [2.05, 4.69) is 15.5 Å². The summed E-state index contributed by atoms with van der Waals surface area (Å²) < 4.78 is 0. The minimum atomic E-state index is -0.521. The van der Waals surface area contributed by atoms with Gasteiger partial charge in [-0.05, 0) is 25.1 Å². The van der Waals surface area contributed by atoms with Gasteiger partial charge in [0.2, 0.25) is 0 Å². The lowest BCUT2D eigenvalue weighted by atomic mass is 10.2. The molecule has 7 heteroatoms. The van der Waals surface area contributed by atoms with Crippen LogP contribution in [-0.4, -0.2) is 21.5 Å². The number of amides is 1. The van der Waals surface area contributed by atoms with Crippen molar-refractivity contribution in [3.05, 3.63) is 70.0 Å². The van der Waals surface area contributed by atoms with E-state index in [-0.39, 0.29) is 5.69 Å². The third-order valence-corrected chi connectivity index (χ3v) is 2.74. The van der Waals surface area contributed by atoms with Crippen molar-refractivity contribution in [3.63, 3.8) is 0 Å². The van der Waals surface area contributed by atoms with Crippen molar-refractivity contribution in [1.82, 2.24) is 10.4 Å². The van der Waals surface area contributed by atoms with Gasteiger partial charge in [0.1, 0.15) is 0 Å². The van der Waals surface area contributed by atoms with Crippen LogP contribution in [0.4, 0.5) is 5.69 Å². The SMILES string of the molecule is C/C(=N/NC(=O)c1ccc([N+](=O)[O-])cc1)c1cccnc1. The van der Waals surface area contributed by atoms with E-state index in [1.165, 1.54) is 24.3 Å². The number of pyridine rings is 1. The molecule has 1 heterocycles. The maximum Gasteiger partial charge on any atom is 0.271 e. The van der Waals surface area contributed by atoms with E-state index in [0.29, 0.717) is 11.3 Å². The number of non-ortho nitro benzene ring substituents is 1. The fraction of sp³-hybridized carbons (Fsp3) is 0.0714. The van der Waals surface area contributed by atoms with Gasteiger partial charge in [-0.2, -0.15) is 5.10 Å². The maximum absolute atomic E-state index is 11.9. The number of hydrogen-bond acceptors (Lipinski definition) is 5. The maximum atomic E-state index is 11.9. The Balaban J connectivity index is 2.06. The van der Waals surface area contributed by atoms with Gasteiger partial charge in [0.25, 0.3) is 11.6 Å². The molecule has 106 valence electrons. The van der Waals surface area contributed by atoms with Crippen LogP contribution in [-0.2, 0) is 0 Å². The fourth-order valence-electron chi connectivity index (χ4n) is 1.58. The van der Waals surface area contributed by atoms with Crippen LogP contribution >= 0.6 is 0 Å². The first-order valence-corrected chi connectivity index (χ1v) is 6.07. The summed E-state index contributed by atoms with van der Waals surface area (Å²) in [5.41, 5.74) is 4.03. The normalized spacial score (nSPS) is 11.0. The smallest absolute Gasteiger partial charge is 0.267 e. The summed E-state index contributed by atoms with van der Waals surface area (Å²) in [6.45, 7) is 1.74. The van der Waals surface area contributed by atoms with Gasteiger partial charge in [-0.3, -0.25) is 19.9 Å². The number of carbonyl (C=O) groups is 1. The van der Waals surface area contributed by atoms with Gasteiger partial charge in [0.15, 0.2) is 0 Å². The summed E-state index contributed by atoms with van der Waals surface area (Å²) >= 11 is 0. The Kier molecular flexibility index (Phi) is 4.35. The number of aromatic nitrogens is 1. The largest absolute Gasteiger partial charge is 0.271 e. The number of hydrogen-bond donors (Lipinski definition) is 1. The van der Waals surface area contributed by atoms with Gasteiger partial charge in [0.05, 0.1) is 10.6 Å². The highest BCUT2D eigenvalue weighted by molar-refractivity contribution is 6.00. The lowest BCUT2D eigenvalue weighted by Crippen LogP contribution is -2.19. The number of rotatable bonds is 4. The van der Waals surface area contributed by atoms with E-state index in [9.17, 15) is 14.9 Å². The molecule has 0 aliphatic heterocycles. The van der Waals surface area contributed by atoms with Crippen LogP contribution < -0.4 is 5.43 Å². The summed E-state index contributed by atoms with van der Waals surface area (Å²) in [5, 5.41) is 14.5. The molecule has 1 aromatic carbocycles. The van der Waals surface area contributed by atoms with Crippen molar-refractivity contribution in [2.45, 2.75) is 6.92 Å². The number of nitrogens with one attached hydrogen (secondary N) is 1. The Bertz CT molecular complexity index is 681. The number of hydrazone groups is 1. The molecule has 0 radical (unpaired) electrons. The van der Waals surface area contributed by atoms with E-state index >= 15 is 0 Å². The van der Waals surface area contributed by atoms with E-state index in [1.807, 2.05) is 6.07 Å². The molecule has 0 atom stereocenters. The first kappa shape index (κ1) is 14.3. The molecule has 2 aromatic rings. The van der Waals surface area contributed by atoms with Crippen LogP contribution in [0.2, 0.25) is 0 Å². The minimum absolute atomic E-state index is 0.0680. The Hall–Kier alpha value is -3.09. The number of carbonyl (C=O) groups excluding carboxylic acids is 1. The van der Waals surface area contributed by atoms with Gasteiger partial charge in [-0.1, -0.05) is 6.07 Å². The molecule has 1 amide bonds. The average Bonchev–Trinajstić information content (AvgIpc) is 2.53. The summed E-state index contributed by atoms with van der Waals surface area (Å²) in [6, 6.07) is 8.89. The number of nitrogens with zero attached hydrogens (tertiary/aromatic N) is 3. The van der Waals surface area contributed by atoms with Crippen LogP contribution in [0, 0.1) is 10.1 Å². The zero-order valence-corrected chi connectivity index (χ0v) is 11.2. The number of benzene rings is 1. The molecule has 0 unspecified atom stereocenters. The Morgan fingerprint density at radius 3 is 2.52 bits per heavy atom. The third kappa shape index (κ3) is 3.69. The molecular weight excluding hydrogens is 272 g/mol. The molecule has 1 N–H and O–H groups in total. The van der Waals surface area contributed by atoms with Crippen molar-refractivity contribution in [2.75, 3.05) is 0 Å². The van der Waals surface area contributed by atoms with Crippen LogP contribution in [0.3, 0.4) is 0 Å². The van der Waals surface area contributed by atoms with Crippen LogP contribution in [0.1, 0.15) is 22.8 Å². The quantitative estimate of drug-likeness (QED) is 0.528. The third-order valence-electron chi connectivity index (χ3n) is 2.74. The Morgan fingerprint density at radius 1 is 1.24 bits per heavy atom. The second kappa shape index (κ2) is 6.38. The highest BCUT2D eigenvalue weighted by Gasteiger charge is 2.09. The van der Waals surface area contributed by atoms with Crippen molar-refractivity contribution in [1.29, 1.82) is 0 Å². The van der Waals surface area contributed by atoms with Crippen molar-refractivity contribution in [2.24, 2.45) is 5.10 Å². The zero-order valence-electron chi connectivity index (χ0n) is 11.2. The molecule has 2 rings (SSSR count). The molecule has 0 aliphatic carbocycles. The van der Waals surface area contributed by atoms with Crippen LogP contribution in [0.15, 0.2) is 53.9 Å². The zero-order chi connectivity index (χ0) is 15.2. The van der Waals surface area contributed by atoms with Crippen LogP contribution in [0.25, 0.3) is 0 Å². The van der Waals surface area contributed by atoms with Crippen LogP contribution in [0.5, 0.6) is 0 Å². The van der Waals surface area contributed by atoms with Crippen molar-refractivity contribution >= 4 is 17.3 Å². The minimum Gasteiger partial charge on any atom is -0.267 e. The second-order valence-corrected chi connectivity index (χ2v) is 4.18. The molecular formula is C14H12N4O3. The number of nitro benzene ring substituents is 1. The summed E-state index contributed by atoms with van der Waals surface area (Å²) in [5.74, 6) is -0.437. The molecule has 0 aliphatic rings. The van der Waals surface area contributed by atoms with E-state index in [1.54, 1.807) is 25.4 Å². The van der Waals surface area contributed by atoms with Crippen molar-refractivity contribution in [3.8, 4) is 0 Å². The van der Waals surface area contributed by atoms with Gasteiger partial charge in [0, 0.05) is 35.7 Å². The summed E-state index contributed by atoms with van der Waals surface area (Å²) in [6.07, 6.45) is 3.28. The highest BCUT2D eigenvalue weighted by Crippen LogP contribution is 2.11. The predicted octanol–water partition coefficient (Wildman–Crippen LogP) is 2.14. The number of nitro groups is 1. The topological polar surface area (TPSA) is 97.5 Å². The molecule has 1 aromatic heterocycles. The monoisotopic (exact) mass is 284 g/mol. The molecule has 7 nitrogen and oxygen atoms in total. The fourth-order valence-corrected chi connectivity index (χ4v) is 1.58. The molecule has 0 fully saturated rings. The highest BCUT2D eigenvalue weighted by atomic mass is 16.6. The summed E-state index contributed by atoms with van der Waals surface area (Å²) in [7, 11) is 0. The van der Waals surface area contributed by atoms with Gasteiger partial charge in [-0.25, -0.2) is 5.43 Å². The van der Waals surface area contributed by atoms with E-state index < -0.39 is 10.8 Å². The first-order valence-electron chi connectivity index (χ1n) is 6.07. The average molecular weight is 284 g/mol. The molecule has 0 bridgehead atoms. The Morgan fingerprint density at radius 2 is 1.95 bits per heavy atom. The predicted molar refractivity (Wildman–Crippen MR) is 77.0 cm³/mol. The van der Waals surface area contributed by atoms with Gasteiger partial charge < -0.3 is 0 Å². The molecule has 0 spiro atoms. The van der Waals surface area contributed by atoms with Crippen molar-refractivity contribution < 1.29 is 9.72 Å². The summed E-state index contributed by atoms with van der Waals surface area (Å²) in [4.78, 5) is 25.8. The lowest BCUT2D eigenvalue weighted by molar-refractivity contribution is -0.384. The first-order chi connectivity index (χ1) is 10.1. The molecule has 0 saturated heterocycles. The standard InChI is InChI=1S/C14H12N4O3/c1-10(12-3-2-8-15-9-12)16-17-14(19)11-4-6-13(7-5-11)18(20)21/h2-9H,1H3,(H,17,19)/b16-10-. The van der Waals surface area contributed by atoms with E-state index in [0.717, 1.165) is 5.56 Å². The Labute approximate surface area is 120 Å². The lowest BCUT2D eigenvalue weighted by Gasteiger charge is -2.02. The van der Waals surface area contributed by atoms with Gasteiger partial charge >= 0.3 is 0 Å². The van der Waals surface area contributed by atoms with E-state index in [4.69, 9.17) is 0 Å².